The van der Waals surface area contributed by atoms with Gasteiger partial charge >= 0.3 is 0 Å². The molecule has 0 saturated heterocycles. The molecule has 0 radical (unpaired) electrons. The molecule has 1 amide bonds. The van der Waals surface area contributed by atoms with E-state index in [-0.39, 0.29) is 11.9 Å². The van der Waals surface area contributed by atoms with E-state index in [0.29, 0.717) is 18.9 Å². The first-order valence-corrected chi connectivity index (χ1v) is 8.99. The van der Waals surface area contributed by atoms with Crippen LogP contribution in [0.3, 0.4) is 0 Å². The Morgan fingerprint density at radius 3 is 2.96 bits per heavy atom. The molecule has 1 atom stereocenters. The van der Waals surface area contributed by atoms with Crippen LogP contribution in [-0.4, -0.2) is 27.8 Å². The quantitative estimate of drug-likeness (QED) is 0.839. The van der Waals surface area contributed by atoms with E-state index in [2.05, 4.69) is 20.1 Å². The summed E-state index contributed by atoms with van der Waals surface area (Å²) in [6.45, 7) is 1.97. The van der Waals surface area contributed by atoms with Crippen molar-refractivity contribution in [3.63, 3.8) is 0 Å². The van der Waals surface area contributed by atoms with Gasteiger partial charge in [-0.25, -0.2) is 0 Å². The van der Waals surface area contributed by atoms with E-state index in [9.17, 15) is 4.79 Å². The van der Waals surface area contributed by atoms with Gasteiger partial charge in [0.25, 0.3) is 0 Å². The molecule has 1 aliphatic rings. The minimum atomic E-state index is -0.138. The zero-order chi connectivity index (χ0) is 17.6. The van der Waals surface area contributed by atoms with Crippen LogP contribution in [0.5, 0.6) is 5.75 Å². The lowest BCUT2D eigenvalue weighted by Crippen LogP contribution is -2.29. The number of nitrogens with zero attached hydrogens (tertiary/aromatic N) is 3. The molecule has 0 unspecified atom stereocenters. The number of carbonyl (C=O) groups excluding carboxylic acids is 1. The number of rotatable bonds is 7. The number of amides is 1. The lowest BCUT2D eigenvalue weighted by molar-refractivity contribution is -0.121. The topological polar surface area (TPSA) is 69.0 Å². The van der Waals surface area contributed by atoms with E-state index in [0.717, 1.165) is 17.1 Å². The van der Waals surface area contributed by atoms with Crippen LogP contribution in [-0.2, 0) is 11.2 Å². The molecule has 1 aromatic carbocycles. The number of benzene rings is 1. The lowest BCUT2D eigenvalue weighted by Gasteiger charge is -2.18. The Morgan fingerprint density at radius 2 is 2.20 bits per heavy atom. The Balaban J connectivity index is 1.55. The molecule has 0 spiro atoms. The molecule has 1 fully saturated rings. The van der Waals surface area contributed by atoms with Crippen molar-refractivity contribution in [2.45, 2.75) is 57.5 Å². The highest BCUT2D eigenvalue weighted by Crippen LogP contribution is 2.31. The fourth-order valence-corrected chi connectivity index (χ4v) is 3.49. The Kier molecular flexibility index (Phi) is 5.68. The maximum absolute atomic E-state index is 12.3. The molecule has 25 heavy (non-hydrogen) atoms. The minimum Gasteiger partial charge on any atom is -0.497 e. The second kappa shape index (κ2) is 8.14. The van der Waals surface area contributed by atoms with Gasteiger partial charge < -0.3 is 14.6 Å². The van der Waals surface area contributed by atoms with Crippen LogP contribution >= 0.6 is 0 Å². The molecule has 3 rings (SSSR count). The molecule has 0 bridgehead atoms. The van der Waals surface area contributed by atoms with Gasteiger partial charge in [0.1, 0.15) is 12.1 Å². The third-order valence-corrected chi connectivity index (χ3v) is 4.86. The molecular formula is C19H26N4O2. The largest absolute Gasteiger partial charge is 0.497 e. The van der Waals surface area contributed by atoms with E-state index in [1.807, 2.05) is 31.2 Å². The Bertz CT molecular complexity index is 707. The molecule has 6 heteroatoms. The highest BCUT2D eigenvalue weighted by molar-refractivity contribution is 5.76. The zero-order valence-corrected chi connectivity index (χ0v) is 14.9. The third kappa shape index (κ3) is 4.38. The second-order valence-electron chi connectivity index (χ2n) is 6.68. The first-order chi connectivity index (χ1) is 12.2. The summed E-state index contributed by atoms with van der Waals surface area (Å²) in [6, 6.07) is 8.16. The second-order valence-corrected chi connectivity index (χ2v) is 6.68. The summed E-state index contributed by atoms with van der Waals surface area (Å²) in [5, 5.41) is 11.3. The number of nitrogens with one attached hydrogen (secondary N) is 1. The van der Waals surface area contributed by atoms with Crippen molar-refractivity contribution >= 4 is 5.91 Å². The molecule has 1 heterocycles. The summed E-state index contributed by atoms with van der Waals surface area (Å²) in [5.74, 6) is 1.69. The highest BCUT2D eigenvalue weighted by Gasteiger charge is 2.23. The first-order valence-electron chi connectivity index (χ1n) is 8.99. The number of carbonyl (C=O) groups is 1. The summed E-state index contributed by atoms with van der Waals surface area (Å²) < 4.78 is 7.36. The molecule has 0 aliphatic heterocycles. The van der Waals surface area contributed by atoms with E-state index in [1.54, 1.807) is 13.4 Å². The van der Waals surface area contributed by atoms with Crippen molar-refractivity contribution in [1.82, 2.24) is 20.1 Å². The summed E-state index contributed by atoms with van der Waals surface area (Å²) >= 11 is 0. The number of hydrogen-bond donors (Lipinski definition) is 1. The molecule has 1 aliphatic carbocycles. The molecule has 1 aromatic heterocycles. The monoisotopic (exact) mass is 342 g/mol. The number of methoxy groups -OCH3 is 1. The number of aryl methyl sites for hydroxylation is 1. The van der Waals surface area contributed by atoms with Crippen LogP contribution < -0.4 is 10.1 Å². The van der Waals surface area contributed by atoms with Crippen molar-refractivity contribution in [2.24, 2.45) is 0 Å². The number of aromatic nitrogens is 3. The van der Waals surface area contributed by atoms with Gasteiger partial charge in [0.05, 0.1) is 13.2 Å². The van der Waals surface area contributed by atoms with Gasteiger partial charge in [-0.15, -0.1) is 10.2 Å². The maximum atomic E-state index is 12.3. The minimum absolute atomic E-state index is 0.0243. The number of ether oxygens (including phenoxy) is 1. The van der Waals surface area contributed by atoms with E-state index in [4.69, 9.17) is 4.74 Å². The predicted molar refractivity (Wildman–Crippen MR) is 95.4 cm³/mol. The molecule has 1 N–H and O–H groups in total. The predicted octanol–water partition coefficient (Wildman–Crippen LogP) is 3.21. The third-order valence-electron chi connectivity index (χ3n) is 4.86. The Morgan fingerprint density at radius 1 is 1.40 bits per heavy atom. The summed E-state index contributed by atoms with van der Waals surface area (Å²) in [4.78, 5) is 12.3. The van der Waals surface area contributed by atoms with Crippen molar-refractivity contribution in [3.8, 4) is 5.75 Å². The fraction of sp³-hybridized carbons (Fsp3) is 0.526. The summed E-state index contributed by atoms with van der Waals surface area (Å²) in [5.41, 5.74) is 1.09. The average molecular weight is 342 g/mol. The SMILES string of the molecule is COc1cccc(CCC(=O)N[C@H](C)c2nncn2C2CCCC2)c1. The smallest absolute Gasteiger partial charge is 0.220 e. The first kappa shape index (κ1) is 17.5. The van der Waals surface area contributed by atoms with Gasteiger partial charge in [0, 0.05) is 12.5 Å². The van der Waals surface area contributed by atoms with Gasteiger partial charge in [-0.2, -0.15) is 0 Å². The van der Waals surface area contributed by atoms with Gasteiger partial charge in [-0.05, 0) is 43.9 Å². The van der Waals surface area contributed by atoms with E-state index < -0.39 is 0 Å². The normalized spacial score (nSPS) is 15.9. The summed E-state index contributed by atoms with van der Waals surface area (Å²) in [6.07, 6.45) is 7.76. The van der Waals surface area contributed by atoms with Crippen molar-refractivity contribution < 1.29 is 9.53 Å². The van der Waals surface area contributed by atoms with Gasteiger partial charge in [0.2, 0.25) is 5.91 Å². The average Bonchev–Trinajstić information content (AvgIpc) is 3.30. The Labute approximate surface area is 148 Å². The molecule has 1 saturated carbocycles. The van der Waals surface area contributed by atoms with Gasteiger partial charge in [-0.1, -0.05) is 25.0 Å². The van der Waals surface area contributed by atoms with Gasteiger partial charge in [0.15, 0.2) is 5.82 Å². The van der Waals surface area contributed by atoms with Crippen LogP contribution in [0.2, 0.25) is 0 Å². The van der Waals surface area contributed by atoms with E-state index >= 15 is 0 Å². The lowest BCUT2D eigenvalue weighted by atomic mass is 10.1. The van der Waals surface area contributed by atoms with Crippen LogP contribution in [0.4, 0.5) is 0 Å². The molecule has 6 nitrogen and oxygen atoms in total. The van der Waals surface area contributed by atoms with Crippen LogP contribution in [0.25, 0.3) is 0 Å². The van der Waals surface area contributed by atoms with Crippen molar-refractivity contribution in [2.75, 3.05) is 7.11 Å². The van der Waals surface area contributed by atoms with Crippen LogP contribution in [0.15, 0.2) is 30.6 Å². The summed E-state index contributed by atoms with van der Waals surface area (Å²) in [7, 11) is 1.65. The van der Waals surface area contributed by atoms with Crippen molar-refractivity contribution in [1.29, 1.82) is 0 Å². The zero-order valence-electron chi connectivity index (χ0n) is 14.9. The highest BCUT2D eigenvalue weighted by atomic mass is 16.5. The Hall–Kier alpha value is -2.37. The molecule has 2 aromatic rings. The van der Waals surface area contributed by atoms with Crippen LogP contribution in [0, 0.1) is 0 Å². The number of hydrogen-bond acceptors (Lipinski definition) is 4. The van der Waals surface area contributed by atoms with E-state index in [1.165, 1.54) is 25.7 Å². The van der Waals surface area contributed by atoms with Gasteiger partial charge in [-0.3, -0.25) is 4.79 Å². The molecule has 134 valence electrons. The van der Waals surface area contributed by atoms with Crippen LogP contribution in [0.1, 0.15) is 62.5 Å². The fourth-order valence-electron chi connectivity index (χ4n) is 3.49. The maximum Gasteiger partial charge on any atom is 0.220 e. The molecular weight excluding hydrogens is 316 g/mol. The standard InChI is InChI=1S/C19H26N4O2/c1-14(19-22-20-13-23(19)16-7-3-4-8-16)21-18(24)11-10-15-6-5-9-17(12-15)25-2/h5-6,9,12-14,16H,3-4,7-8,10-11H2,1-2H3,(H,21,24)/t14-/m1/s1. The van der Waals surface area contributed by atoms with Crippen molar-refractivity contribution in [3.05, 3.63) is 42.0 Å².